The number of hydrogen-bond donors (Lipinski definition) is 1. The lowest BCUT2D eigenvalue weighted by atomic mass is 9.93. The van der Waals surface area contributed by atoms with Crippen LogP contribution in [-0.4, -0.2) is 32.1 Å². The maximum absolute atomic E-state index is 11.6. The van der Waals surface area contributed by atoms with Crippen molar-refractivity contribution in [2.75, 3.05) is 20.3 Å². The molecular weight excluding hydrogens is 166 g/mol. The Balaban J connectivity index is 2.36. The van der Waals surface area contributed by atoms with Crippen molar-refractivity contribution in [1.82, 2.24) is 5.32 Å². The number of carbonyl (C=O) groups excluding carboxylic acids is 1. The maximum Gasteiger partial charge on any atom is 0.139 e. The van der Waals surface area contributed by atoms with Gasteiger partial charge in [0.25, 0.3) is 0 Å². The second-order valence-corrected chi connectivity index (χ2v) is 4.05. The summed E-state index contributed by atoms with van der Waals surface area (Å²) >= 11 is 0. The molecule has 2 atom stereocenters. The fourth-order valence-corrected chi connectivity index (χ4v) is 1.84. The predicted octanol–water partition coefficient (Wildman–Crippen LogP) is 0.836. The highest BCUT2D eigenvalue weighted by atomic mass is 16.5. The number of hydrogen-bond acceptors (Lipinski definition) is 3. The average Bonchev–Trinajstić information content (AvgIpc) is 2.52. The Labute approximate surface area is 79.8 Å². The van der Waals surface area contributed by atoms with Gasteiger partial charge in [0.15, 0.2) is 0 Å². The van der Waals surface area contributed by atoms with Crippen LogP contribution in [-0.2, 0) is 9.53 Å². The fraction of sp³-hybridized carbons (Fsp3) is 0.900. The Bertz CT molecular complexity index is 180. The number of rotatable bonds is 4. The van der Waals surface area contributed by atoms with E-state index in [1.165, 1.54) is 0 Å². The molecule has 0 aliphatic carbocycles. The van der Waals surface area contributed by atoms with Crippen molar-refractivity contribution >= 4 is 5.78 Å². The van der Waals surface area contributed by atoms with Crippen molar-refractivity contribution in [2.45, 2.75) is 26.3 Å². The van der Waals surface area contributed by atoms with Crippen LogP contribution in [0.2, 0.25) is 0 Å². The van der Waals surface area contributed by atoms with E-state index < -0.39 is 0 Å². The second-order valence-electron chi connectivity index (χ2n) is 4.05. The number of methoxy groups -OCH3 is 1. The molecule has 13 heavy (non-hydrogen) atoms. The molecule has 3 heteroatoms. The quantitative estimate of drug-likeness (QED) is 0.705. The number of carbonyl (C=O) groups is 1. The zero-order valence-corrected chi connectivity index (χ0v) is 8.67. The third kappa shape index (κ3) is 2.78. The standard InChI is InChI=1S/C10H19NO2/c1-7(2)10(12)8-4-9(6-13-3)11-5-8/h7-9,11H,4-6H2,1-3H3/t8-,9-/m0/s1. The summed E-state index contributed by atoms with van der Waals surface area (Å²) in [4.78, 5) is 11.6. The molecule has 0 aromatic rings. The zero-order chi connectivity index (χ0) is 9.84. The first kappa shape index (κ1) is 10.7. The minimum Gasteiger partial charge on any atom is -0.383 e. The first-order chi connectivity index (χ1) is 6.15. The van der Waals surface area contributed by atoms with Crippen LogP contribution in [0.5, 0.6) is 0 Å². The third-order valence-corrected chi connectivity index (χ3v) is 2.56. The maximum atomic E-state index is 11.6. The molecule has 0 amide bonds. The molecule has 1 aliphatic rings. The highest BCUT2D eigenvalue weighted by molar-refractivity contribution is 5.83. The fourth-order valence-electron chi connectivity index (χ4n) is 1.84. The first-order valence-electron chi connectivity index (χ1n) is 4.91. The summed E-state index contributed by atoms with van der Waals surface area (Å²) in [7, 11) is 1.69. The minimum absolute atomic E-state index is 0.160. The molecule has 0 spiro atoms. The van der Waals surface area contributed by atoms with E-state index in [1.807, 2.05) is 13.8 Å². The van der Waals surface area contributed by atoms with Crippen LogP contribution in [0, 0.1) is 11.8 Å². The van der Waals surface area contributed by atoms with Gasteiger partial charge >= 0.3 is 0 Å². The van der Waals surface area contributed by atoms with Crippen LogP contribution < -0.4 is 5.32 Å². The Morgan fingerprint density at radius 1 is 1.62 bits per heavy atom. The van der Waals surface area contributed by atoms with E-state index in [2.05, 4.69) is 5.32 Å². The van der Waals surface area contributed by atoms with Gasteiger partial charge in [-0.15, -0.1) is 0 Å². The van der Waals surface area contributed by atoms with Gasteiger partial charge in [-0.1, -0.05) is 13.8 Å². The van der Waals surface area contributed by atoms with Gasteiger partial charge in [0.2, 0.25) is 0 Å². The minimum atomic E-state index is 0.160. The summed E-state index contributed by atoms with van der Waals surface area (Å²) in [6.45, 7) is 5.46. The van der Waals surface area contributed by atoms with Crippen molar-refractivity contribution in [3.05, 3.63) is 0 Å². The smallest absolute Gasteiger partial charge is 0.139 e. The van der Waals surface area contributed by atoms with Crippen LogP contribution in [0.3, 0.4) is 0 Å². The van der Waals surface area contributed by atoms with Crippen molar-refractivity contribution in [2.24, 2.45) is 11.8 Å². The van der Waals surface area contributed by atoms with E-state index in [0.29, 0.717) is 18.4 Å². The molecule has 1 saturated heterocycles. The number of nitrogens with one attached hydrogen (secondary N) is 1. The topological polar surface area (TPSA) is 38.3 Å². The molecule has 0 aromatic carbocycles. The molecule has 1 heterocycles. The molecule has 1 rings (SSSR count). The molecule has 0 saturated carbocycles. The van der Waals surface area contributed by atoms with Gasteiger partial charge in [-0.2, -0.15) is 0 Å². The first-order valence-corrected chi connectivity index (χ1v) is 4.91. The molecule has 1 fully saturated rings. The van der Waals surface area contributed by atoms with Gasteiger partial charge in [-0.25, -0.2) is 0 Å². The lowest BCUT2D eigenvalue weighted by Gasteiger charge is -2.10. The van der Waals surface area contributed by atoms with Gasteiger partial charge in [-0.05, 0) is 6.42 Å². The lowest BCUT2D eigenvalue weighted by Crippen LogP contribution is -2.26. The number of ether oxygens (including phenoxy) is 1. The SMILES string of the molecule is COC[C@@H]1C[C@H](C(=O)C(C)C)CN1. The van der Waals surface area contributed by atoms with Crippen molar-refractivity contribution in [3.8, 4) is 0 Å². The third-order valence-electron chi connectivity index (χ3n) is 2.56. The zero-order valence-electron chi connectivity index (χ0n) is 8.67. The van der Waals surface area contributed by atoms with E-state index in [4.69, 9.17) is 4.74 Å². The van der Waals surface area contributed by atoms with E-state index in [-0.39, 0.29) is 11.8 Å². The summed E-state index contributed by atoms with van der Waals surface area (Å²) in [6, 6.07) is 0.373. The summed E-state index contributed by atoms with van der Waals surface area (Å²) < 4.78 is 5.04. The highest BCUT2D eigenvalue weighted by Gasteiger charge is 2.30. The summed E-state index contributed by atoms with van der Waals surface area (Å²) in [5.41, 5.74) is 0. The van der Waals surface area contributed by atoms with E-state index in [9.17, 15) is 4.79 Å². The normalized spacial score (nSPS) is 28.3. The summed E-state index contributed by atoms with van der Waals surface area (Å²) in [5.74, 6) is 0.749. The average molecular weight is 185 g/mol. The van der Waals surface area contributed by atoms with Crippen LogP contribution >= 0.6 is 0 Å². The van der Waals surface area contributed by atoms with Crippen LogP contribution in [0.15, 0.2) is 0 Å². The van der Waals surface area contributed by atoms with E-state index in [0.717, 1.165) is 13.0 Å². The Kier molecular flexibility index (Phi) is 3.88. The van der Waals surface area contributed by atoms with Gasteiger partial charge in [0.1, 0.15) is 5.78 Å². The summed E-state index contributed by atoms with van der Waals surface area (Å²) in [6.07, 6.45) is 0.935. The lowest BCUT2D eigenvalue weighted by molar-refractivity contribution is -0.125. The van der Waals surface area contributed by atoms with E-state index >= 15 is 0 Å². The Hall–Kier alpha value is -0.410. The second kappa shape index (κ2) is 4.72. The molecule has 0 aromatic heterocycles. The van der Waals surface area contributed by atoms with Crippen molar-refractivity contribution < 1.29 is 9.53 Å². The number of ketones is 1. The van der Waals surface area contributed by atoms with Crippen molar-refractivity contribution in [1.29, 1.82) is 0 Å². The largest absolute Gasteiger partial charge is 0.383 e. The van der Waals surface area contributed by atoms with Crippen LogP contribution in [0.25, 0.3) is 0 Å². The Morgan fingerprint density at radius 3 is 2.85 bits per heavy atom. The monoisotopic (exact) mass is 185 g/mol. The Morgan fingerprint density at radius 2 is 2.31 bits per heavy atom. The molecule has 1 aliphatic heterocycles. The molecule has 0 bridgehead atoms. The van der Waals surface area contributed by atoms with Gasteiger partial charge < -0.3 is 10.1 Å². The molecule has 0 unspecified atom stereocenters. The van der Waals surface area contributed by atoms with E-state index in [1.54, 1.807) is 7.11 Å². The van der Waals surface area contributed by atoms with Crippen LogP contribution in [0.1, 0.15) is 20.3 Å². The van der Waals surface area contributed by atoms with Gasteiger partial charge in [0.05, 0.1) is 6.61 Å². The predicted molar refractivity (Wildman–Crippen MR) is 51.6 cm³/mol. The molecule has 76 valence electrons. The molecule has 1 N–H and O–H groups in total. The molecular formula is C10H19NO2. The van der Waals surface area contributed by atoms with Crippen LogP contribution in [0.4, 0.5) is 0 Å². The molecule has 3 nitrogen and oxygen atoms in total. The summed E-state index contributed by atoms with van der Waals surface area (Å²) in [5, 5.41) is 3.30. The molecule has 0 radical (unpaired) electrons. The number of Topliss-reactive ketones (excluding diaryl/α,β-unsaturated/α-hetero) is 1. The van der Waals surface area contributed by atoms with Gasteiger partial charge in [-0.3, -0.25) is 4.79 Å². The van der Waals surface area contributed by atoms with Gasteiger partial charge in [0, 0.05) is 31.5 Å². The highest BCUT2D eigenvalue weighted by Crippen LogP contribution is 2.18. The van der Waals surface area contributed by atoms with Crippen molar-refractivity contribution in [3.63, 3.8) is 0 Å².